The van der Waals surface area contributed by atoms with Crippen molar-refractivity contribution in [2.24, 2.45) is 12.5 Å². The molecule has 11 rings (SSSR count). The van der Waals surface area contributed by atoms with Crippen LogP contribution in [-0.2, 0) is 29.5 Å². The van der Waals surface area contributed by atoms with Crippen LogP contribution in [-0.4, -0.2) is 92.9 Å². The lowest BCUT2D eigenvalue weighted by atomic mass is 9.76. The maximum atomic E-state index is 12.7. The summed E-state index contributed by atoms with van der Waals surface area (Å²) in [7, 11) is 1.92. The molecule has 4 fully saturated rings. The smallest absolute Gasteiger partial charge is 0.219 e. The minimum atomic E-state index is 0.106. The van der Waals surface area contributed by atoms with Gasteiger partial charge in [0.1, 0.15) is 6.07 Å². The summed E-state index contributed by atoms with van der Waals surface area (Å²) in [5, 5.41) is 21.8. The summed E-state index contributed by atoms with van der Waals surface area (Å²) in [4.78, 5) is 27.1. The molecule has 0 radical (unpaired) electrons. The predicted molar refractivity (Wildman–Crippen MR) is 265 cm³/mol. The van der Waals surface area contributed by atoms with Crippen LogP contribution in [0.25, 0.3) is 33.3 Å². The number of nitriles is 1. The van der Waals surface area contributed by atoms with Gasteiger partial charge in [0.05, 0.1) is 46.4 Å². The highest BCUT2D eigenvalue weighted by molar-refractivity contribution is 6.32. The predicted octanol–water partition coefficient (Wildman–Crippen LogP) is 9.98. The molecule has 13 heteroatoms. The van der Waals surface area contributed by atoms with Crippen molar-refractivity contribution >= 4 is 45.3 Å². The van der Waals surface area contributed by atoms with Gasteiger partial charge in [-0.1, -0.05) is 29.8 Å². The second-order valence-corrected chi connectivity index (χ2v) is 20.5. The topological polar surface area (TPSA) is 112 Å². The van der Waals surface area contributed by atoms with E-state index in [1.54, 1.807) is 11.6 Å². The highest BCUT2D eigenvalue weighted by atomic mass is 35.5. The van der Waals surface area contributed by atoms with Gasteiger partial charge in [-0.25, -0.2) is 0 Å². The van der Waals surface area contributed by atoms with E-state index in [-0.39, 0.29) is 12.0 Å². The summed E-state index contributed by atoms with van der Waals surface area (Å²) < 4.78 is 11.0. The number of fused-ring (bicyclic) bond motifs is 2. The van der Waals surface area contributed by atoms with E-state index in [4.69, 9.17) is 26.4 Å². The summed E-state index contributed by atoms with van der Waals surface area (Å²) in [6, 6.07) is 26.7. The number of amides is 1. The lowest BCUT2D eigenvalue weighted by Gasteiger charge is -2.41. The van der Waals surface area contributed by atoms with Gasteiger partial charge in [-0.05, 0) is 124 Å². The standard InChI is InChI=1S/C54H61ClN10O2/c1-36-29-54(35-64(36)44-8-7-39(30-56)50(55)28-44)20-25-62(26-21-54)42-11-9-41(10-12-42)61-22-17-46(18-23-61)67-45-15-13-43(14-16-45)65-52-19-24-63(37(2)66)34-49(52)53(59-65)47-6-4-5-38-27-51(57-32-48(38)47)40-31-58-60(3)33-40/h4-12,27-28,31-33,36,43,45-46H,13-26,29,34-35H2,1-3H3/t36-,43?,45?/m0/s1. The zero-order valence-corrected chi connectivity index (χ0v) is 39.8. The number of hydrogen-bond donors (Lipinski definition) is 0. The molecule has 1 aliphatic carbocycles. The van der Waals surface area contributed by atoms with Crippen LogP contribution in [0.2, 0.25) is 5.02 Å². The van der Waals surface area contributed by atoms with Crippen LogP contribution in [0.15, 0.2) is 85.3 Å². The molecule has 5 aliphatic rings. The lowest BCUT2D eigenvalue weighted by molar-refractivity contribution is -0.129. The quantitative estimate of drug-likeness (QED) is 0.147. The van der Waals surface area contributed by atoms with Crippen molar-refractivity contribution in [1.82, 2.24) is 29.4 Å². The molecule has 1 saturated carbocycles. The Balaban J connectivity index is 0.685. The van der Waals surface area contributed by atoms with Gasteiger partial charge in [-0.2, -0.15) is 15.5 Å². The second-order valence-electron chi connectivity index (χ2n) is 20.1. The Kier molecular flexibility index (Phi) is 11.7. The Morgan fingerprint density at radius 2 is 1.58 bits per heavy atom. The third-order valence-corrected chi connectivity index (χ3v) is 16.3. The van der Waals surface area contributed by atoms with Gasteiger partial charge in [-0.3, -0.25) is 19.1 Å². The summed E-state index contributed by atoms with van der Waals surface area (Å²) >= 11 is 6.43. The van der Waals surface area contributed by atoms with Crippen LogP contribution in [0.1, 0.15) is 94.5 Å². The van der Waals surface area contributed by atoms with Gasteiger partial charge in [0, 0.05) is 129 Å². The number of piperidine rings is 2. The van der Waals surface area contributed by atoms with Crippen molar-refractivity contribution in [3.8, 4) is 28.6 Å². The number of anilines is 3. The first-order valence-electron chi connectivity index (χ1n) is 24.6. The second kappa shape index (κ2) is 18.0. The van der Waals surface area contributed by atoms with E-state index in [0.29, 0.717) is 40.7 Å². The molecule has 4 aliphatic heterocycles. The maximum absolute atomic E-state index is 12.7. The summed E-state index contributed by atoms with van der Waals surface area (Å²) in [6.45, 7) is 10.5. The zero-order valence-electron chi connectivity index (χ0n) is 39.1. The number of rotatable bonds is 8. The van der Waals surface area contributed by atoms with Crippen molar-refractivity contribution in [2.45, 2.75) is 109 Å². The molecule has 3 saturated heterocycles. The average Bonchev–Trinajstić information content (AvgIpc) is 4.06. The number of halogens is 1. The number of benzene rings is 3. The fourth-order valence-corrected chi connectivity index (χ4v) is 12.4. The first-order chi connectivity index (χ1) is 32.6. The monoisotopic (exact) mass is 916 g/mol. The van der Waals surface area contributed by atoms with E-state index < -0.39 is 0 Å². The Bertz CT molecular complexity index is 2820. The molecule has 6 aromatic rings. The molecule has 0 bridgehead atoms. The SMILES string of the molecule is CC(=O)N1CCc2c(c(-c3cccc4cc(-c5cnn(C)c5)ncc34)nn2C2CCC(OC3CCN(c4ccc(N5CCC6(CC5)C[C@H](C)N(c5ccc(C#N)c(Cl)c5)C6)cc4)CC3)CC2)C1. The van der Waals surface area contributed by atoms with Crippen LogP contribution in [0.5, 0.6) is 0 Å². The van der Waals surface area contributed by atoms with Crippen LogP contribution < -0.4 is 14.7 Å². The number of pyridine rings is 1. The molecule has 346 valence electrons. The number of ether oxygens (including phenoxy) is 1. The van der Waals surface area contributed by atoms with Gasteiger partial charge in [0.25, 0.3) is 0 Å². The van der Waals surface area contributed by atoms with E-state index in [0.717, 1.165) is 123 Å². The van der Waals surface area contributed by atoms with Crippen LogP contribution in [0.4, 0.5) is 17.1 Å². The minimum absolute atomic E-state index is 0.106. The van der Waals surface area contributed by atoms with Crippen LogP contribution in [0, 0.1) is 16.7 Å². The number of carbonyl (C=O) groups is 1. The zero-order chi connectivity index (χ0) is 45.8. The van der Waals surface area contributed by atoms with Crippen molar-refractivity contribution in [2.75, 3.05) is 54.0 Å². The number of aromatic nitrogens is 5. The Hall–Kier alpha value is -5.90. The molecule has 3 aromatic heterocycles. The van der Waals surface area contributed by atoms with Gasteiger partial charge < -0.3 is 24.3 Å². The molecule has 0 N–H and O–H groups in total. The molecular weight excluding hydrogens is 856 g/mol. The number of hydrogen-bond acceptors (Lipinski definition) is 9. The fourth-order valence-electron chi connectivity index (χ4n) is 12.2. The molecule has 1 atom stereocenters. The van der Waals surface area contributed by atoms with Crippen LogP contribution in [0.3, 0.4) is 0 Å². The van der Waals surface area contributed by atoms with E-state index >= 15 is 0 Å². The number of nitrogens with zero attached hydrogens (tertiary/aromatic N) is 10. The van der Waals surface area contributed by atoms with Crippen molar-refractivity contribution in [1.29, 1.82) is 5.26 Å². The van der Waals surface area contributed by atoms with Gasteiger partial charge in [0.15, 0.2) is 0 Å². The van der Waals surface area contributed by atoms with E-state index in [9.17, 15) is 10.1 Å². The molecule has 7 heterocycles. The summed E-state index contributed by atoms with van der Waals surface area (Å²) in [6.07, 6.45) is 17.0. The Morgan fingerprint density at radius 1 is 0.866 bits per heavy atom. The molecule has 67 heavy (non-hydrogen) atoms. The number of carbonyl (C=O) groups excluding carboxylic acids is 1. The molecule has 1 spiro atoms. The van der Waals surface area contributed by atoms with Crippen molar-refractivity contribution in [3.05, 3.63) is 107 Å². The molecular formula is C54H61ClN10O2. The van der Waals surface area contributed by atoms with Gasteiger partial charge >= 0.3 is 0 Å². The third-order valence-electron chi connectivity index (χ3n) is 15.9. The maximum Gasteiger partial charge on any atom is 0.219 e. The first kappa shape index (κ1) is 43.7. The largest absolute Gasteiger partial charge is 0.375 e. The summed E-state index contributed by atoms with van der Waals surface area (Å²) in [5.74, 6) is 0.106. The lowest BCUT2D eigenvalue weighted by Crippen LogP contribution is -2.41. The average molecular weight is 918 g/mol. The molecule has 3 aromatic carbocycles. The third kappa shape index (κ3) is 8.54. The molecule has 1 amide bonds. The van der Waals surface area contributed by atoms with Crippen LogP contribution >= 0.6 is 11.6 Å². The van der Waals surface area contributed by atoms with E-state index in [1.807, 2.05) is 42.7 Å². The van der Waals surface area contributed by atoms with Gasteiger partial charge in [-0.15, -0.1) is 0 Å². The Morgan fingerprint density at radius 3 is 2.27 bits per heavy atom. The van der Waals surface area contributed by atoms with Crippen molar-refractivity contribution in [3.63, 3.8) is 0 Å². The molecule has 12 nitrogen and oxygen atoms in total. The molecule has 0 unspecified atom stereocenters. The minimum Gasteiger partial charge on any atom is -0.375 e. The highest BCUT2D eigenvalue weighted by Crippen LogP contribution is 2.46. The van der Waals surface area contributed by atoms with Crippen molar-refractivity contribution < 1.29 is 9.53 Å². The number of aryl methyl sites for hydroxylation is 1. The fraction of sp³-hybridized carbons (Fsp3) is 0.463. The summed E-state index contributed by atoms with van der Waals surface area (Å²) in [5.41, 5.74) is 11.0. The first-order valence-corrected chi connectivity index (χ1v) is 24.9. The van der Waals surface area contributed by atoms with E-state index in [1.165, 1.54) is 41.9 Å². The normalized spacial score (nSPS) is 22.1. The Labute approximate surface area is 399 Å². The highest BCUT2D eigenvalue weighted by Gasteiger charge is 2.44. The van der Waals surface area contributed by atoms with E-state index in [2.05, 4.69) is 92.1 Å². The van der Waals surface area contributed by atoms with Gasteiger partial charge in [0.2, 0.25) is 5.91 Å².